The van der Waals surface area contributed by atoms with Crippen molar-refractivity contribution >= 4 is 17.3 Å². The third kappa shape index (κ3) is 2.67. The van der Waals surface area contributed by atoms with Crippen molar-refractivity contribution in [1.82, 2.24) is 0 Å². The predicted octanol–water partition coefficient (Wildman–Crippen LogP) is 2.28. The van der Waals surface area contributed by atoms with Gasteiger partial charge in [0, 0.05) is 24.4 Å². The fraction of sp³-hybridized carbons (Fsp3) is 0.462. The van der Waals surface area contributed by atoms with Gasteiger partial charge < -0.3 is 10.0 Å². The van der Waals surface area contributed by atoms with E-state index in [1.807, 2.05) is 6.92 Å². The summed E-state index contributed by atoms with van der Waals surface area (Å²) < 4.78 is 0. The minimum atomic E-state index is -0.876. The van der Waals surface area contributed by atoms with E-state index in [1.54, 1.807) is 17.0 Å². The zero-order valence-corrected chi connectivity index (χ0v) is 10.7. The van der Waals surface area contributed by atoms with Crippen LogP contribution in [0.5, 0.6) is 0 Å². The molecule has 1 aromatic rings. The molecule has 1 aliphatic heterocycles. The molecule has 1 heterocycles. The second-order valence-corrected chi connectivity index (χ2v) is 4.87. The molecular weight excluding hydrogens is 248 g/mol. The largest absolute Gasteiger partial charge is 0.480 e. The van der Waals surface area contributed by atoms with E-state index in [9.17, 15) is 20.0 Å². The molecule has 102 valence electrons. The number of carboxylic acid groups (broad SMARTS) is 1. The van der Waals surface area contributed by atoms with E-state index in [1.165, 1.54) is 12.1 Å². The van der Waals surface area contributed by atoms with Crippen LogP contribution in [0.2, 0.25) is 0 Å². The van der Waals surface area contributed by atoms with Crippen molar-refractivity contribution in [3.63, 3.8) is 0 Å². The Hall–Kier alpha value is -2.11. The SMILES string of the molecule is CC1CCCN(c2cccc([N+](=O)[O-])c2)C1C(=O)O. The van der Waals surface area contributed by atoms with E-state index < -0.39 is 16.9 Å². The molecule has 2 unspecified atom stereocenters. The van der Waals surface area contributed by atoms with Crippen LogP contribution in [0, 0.1) is 16.0 Å². The third-order valence-electron chi connectivity index (χ3n) is 3.56. The van der Waals surface area contributed by atoms with E-state index in [0.717, 1.165) is 12.8 Å². The summed E-state index contributed by atoms with van der Waals surface area (Å²) in [6.07, 6.45) is 1.76. The Kier molecular flexibility index (Phi) is 3.69. The number of hydrogen-bond acceptors (Lipinski definition) is 4. The van der Waals surface area contributed by atoms with E-state index >= 15 is 0 Å². The third-order valence-corrected chi connectivity index (χ3v) is 3.56. The van der Waals surface area contributed by atoms with Crippen LogP contribution in [-0.2, 0) is 4.79 Å². The Morgan fingerprint density at radius 2 is 2.26 bits per heavy atom. The normalized spacial score (nSPS) is 23.1. The molecule has 6 heteroatoms. The molecule has 1 N–H and O–H groups in total. The van der Waals surface area contributed by atoms with Crippen LogP contribution in [0.4, 0.5) is 11.4 Å². The molecule has 1 aliphatic rings. The molecule has 1 aromatic carbocycles. The topological polar surface area (TPSA) is 83.7 Å². The summed E-state index contributed by atoms with van der Waals surface area (Å²) in [7, 11) is 0. The number of hydrogen-bond donors (Lipinski definition) is 1. The molecule has 0 radical (unpaired) electrons. The van der Waals surface area contributed by atoms with Crippen molar-refractivity contribution in [2.75, 3.05) is 11.4 Å². The number of aliphatic carboxylic acids is 1. The van der Waals surface area contributed by atoms with Gasteiger partial charge in [-0.2, -0.15) is 0 Å². The molecule has 0 aromatic heterocycles. The monoisotopic (exact) mass is 264 g/mol. The summed E-state index contributed by atoms with van der Waals surface area (Å²) >= 11 is 0. The Balaban J connectivity index is 2.35. The summed E-state index contributed by atoms with van der Waals surface area (Å²) in [4.78, 5) is 23.5. The van der Waals surface area contributed by atoms with Crippen LogP contribution in [0.3, 0.4) is 0 Å². The molecule has 0 saturated carbocycles. The Morgan fingerprint density at radius 1 is 1.53 bits per heavy atom. The molecule has 0 bridgehead atoms. The fourth-order valence-corrected chi connectivity index (χ4v) is 2.64. The number of non-ortho nitro benzene ring substituents is 1. The summed E-state index contributed by atoms with van der Waals surface area (Å²) in [5.41, 5.74) is 0.591. The first-order valence-corrected chi connectivity index (χ1v) is 6.24. The lowest BCUT2D eigenvalue weighted by Crippen LogP contribution is -2.49. The lowest BCUT2D eigenvalue weighted by molar-refractivity contribution is -0.384. The first-order chi connectivity index (χ1) is 9.00. The van der Waals surface area contributed by atoms with Crippen molar-refractivity contribution in [1.29, 1.82) is 0 Å². The van der Waals surface area contributed by atoms with Crippen LogP contribution in [0.15, 0.2) is 24.3 Å². The summed E-state index contributed by atoms with van der Waals surface area (Å²) in [6, 6.07) is 5.54. The minimum absolute atomic E-state index is 0.0140. The van der Waals surface area contributed by atoms with Gasteiger partial charge in [-0.1, -0.05) is 13.0 Å². The molecule has 2 rings (SSSR count). The average Bonchev–Trinajstić information content (AvgIpc) is 2.38. The number of nitrogens with zero attached hydrogens (tertiary/aromatic N) is 2. The van der Waals surface area contributed by atoms with Gasteiger partial charge in [0.15, 0.2) is 0 Å². The van der Waals surface area contributed by atoms with Crippen molar-refractivity contribution in [3.05, 3.63) is 34.4 Å². The van der Waals surface area contributed by atoms with Gasteiger partial charge in [0.05, 0.1) is 4.92 Å². The molecule has 1 fully saturated rings. The fourth-order valence-electron chi connectivity index (χ4n) is 2.64. The highest BCUT2D eigenvalue weighted by atomic mass is 16.6. The summed E-state index contributed by atoms with van der Waals surface area (Å²) in [5, 5.41) is 20.1. The van der Waals surface area contributed by atoms with Crippen LogP contribution >= 0.6 is 0 Å². The second kappa shape index (κ2) is 5.26. The molecule has 1 saturated heterocycles. The highest BCUT2D eigenvalue weighted by Gasteiger charge is 2.34. The van der Waals surface area contributed by atoms with Gasteiger partial charge in [-0.3, -0.25) is 10.1 Å². The van der Waals surface area contributed by atoms with E-state index in [-0.39, 0.29) is 11.6 Å². The average molecular weight is 264 g/mol. The number of carboxylic acids is 1. The minimum Gasteiger partial charge on any atom is -0.480 e. The molecule has 0 spiro atoms. The number of nitro groups is 1. The molecule has 2 atom stereocenters. The van der Waals surface area contributed by atoms with Crippen LogP contribution in [0.25, 0.3) is 0 Å². The standard InChI is InChI=1S/C13H16N2O4/c1-9-4-3-7-14(12(9)13(16)17)10-5-2-6-11(8-10)15(18)19/h2,5-6,8-9,12H,3-4,7H2,1H3,(H,16,17). The Bertz CT molecular complexity index is 503. The van der Waals surface area contributed by atoms with Gasteiger partial charge >= 0.3 is 5.97 Å². The Labute approximate surface area is 110 Å². The van der Waals surface area contributed by atoms with Gasteiger partial charge in [-0.15, -0.1) is 0 Å². The molecule has 0 aliphatic carbocycles. The molecule has 6 nitrogen and oxygen atoms in total. The highest BCUT2D eigenvalue weighted by Crippen LogP contribution is 2.30. The van der Waals surface area contributed by atoms with Crippen molar-refractivity contribution in [3.8, 4) is 0 Å². The van der Waals surface area contributed by atoms with Gasteiger partial charge in [0.2, 0.25) is 0 Å². The molecular formula is C13H16N2O4. The zero-order chi connectivity index (χ0) is 14.0. The summed E-state index contributed by atoms with van der Waals surface area (Å²) in [6.45, 7) is 2.52. The van der Waals surface area contributed by atoms with Gasteiger partial charge in [-0.05, 0) is 24.8 Å². The quantitative estimate of drug-likeness (QED) is 0.668. The summed E-state index contributed by atoms with van der Waals surface area (Å²) in [5.74, 6) is -0.843. The molecule has 19 heavy (non-hydrogen) atoms. The lowest BCUT2D eigenvalue weighted by Gasteiger charge is -2.38. The number of anilines is 1. The van der Waals surface area contributed by atoms with Crippen molar-refractivity contribution in [2.24, 2.45) is 5.92 Å². The number of piperidine rings is 1. The number of benzene rings is 1. The second-order valence-electron chi connectivity index (χ2n) is 4.87. The maximum atomic E-state index is 11.4. The predicted molar refractivity (Wildman–Crippen MR) is 70.3 cm³/mol. The zero-order valence-electron chi connectivity index (χ0n) is 10.7. The van der Waals surface area contributed by atoms with Gasteiger partial charge in [-0.25, -0.2) is 4.79 Å². The number of nitro benzene ring substituents is 1. The molecule has 0 amide bonds. The van der Waals surface area contributed by atoms with Crippen LogP contribution < -0.4 is 4.90 Å². The maximum Gasteiger partial charge on any atom is 0.326 e. The number of rotatable bonds is 3. The van der Waals surface area contributed by atoms with Crippen molar-refractivity contribution in [2.45, 2.75) is 25.8 Å². The maximum absolute atomic E-state index is 11.4. The lowest BCUT2D eigenvalue weighted by atomic mass is 9.90. The van der Waals surface area contributed by atoms with E-state index in [4.69, 9.17) is 0 Å². The van der Waals surface area contributed by atoms with Gasteiger partial charge in [0.1, 0.15) is 6.04 Å². The Morgan fingerprint density at radius 3 is 2.89 bits per heavy atom. The van der Waals surface area contributed by atoms with E-state index in [0.29, 0.717) is 12.2 Å². The first-order valence-electron chi connectivity index (χ1n) is 6.24. The highest BCUT2D eigenvalue weighted by molar-refractivity contribution is 5.79. The van der Waals surface area contributed by atoms with Crippen LogP contribution in [0.1, 0.15) is 19.8 Å². The van der Waals surface area contributed by atoms with Crippen LogP contribution in [-0.4, -0.2) is 28.6 Å². The number of carbonyl (C=O) groups is 1. The van der Waals surface area contributed by atoms with Gasteiger partial charge in [0.25, 0.3) is 5.69 Å². The van der Waals surface area contributed by atoms with Crippen molar-refractivity contribution < 1.29 is 14.8 Å². The van der Waals surface area contributed by atoms with E-state index in [2.05, 4.69) is 0 Å². The first kappa shape index (κ1) is 13.3. The smallest absolute Gasteiger partial charge is 0.326 e.